The van der Waals surface area contributed by atoms with E-state index in [1.807, 2.05) is 35.8 Å². The van der Waals surface area contributed by atoms with Crippen molar-refractivity contribution in [1.82, 2.24) is 14.8 Å². The molecule has 0 fully saturated rings. The zero-order valence-electron chi connectivity index (χ0n) is 18.0. The van der Waals surface area contributed by atoms with Crippen molar-refractivity contribution in [3.05, 3.63) is 72.6 Å². The molecule has 2 N–H and O–H groups in total. The highest BCUT2D eigenvalue weighted by Gasteiger charge is 2.14. The van der Waals surface area contributed by atoms with E-state index in [0.29, 0.717) is 28.9 Å². The molecule has 1 heterocycles. The summed E-state index contributed by atoms with van der Waals surface area (Å²) in [4.78, 5) is 23.4. The monoisotopic (exact) mass is 451 g/mol. The molecule has 3 aromatic rings. The number of hydrogen-bond donors (Lipinski definition) is 2. The zero-order chi connectivity index (χ0) is 22.9. The van der Waals surface area contributed by atoms with Crippen molar-refractivity contribution in [2.75, 3.05) is 16.4 Å². The van der Waals surface area contributed by atoms with Crippen molar-refractivity contribution in [3.8, 4) is 5.75 Å². The molecule has 166 valence electrons. The molecule has 0 aliphatic carbocycles. The second-order valence-electron chi connectivity index (χ2n) is 7.00. The lowest BCUT2D eigenvalue weighted by Gasteiger charge is -2.10. The number of benzene rings is 2. The molecule has 0 atom stereocenters. The Morgan fingerprint density at radius 2 is 1.72 bits per heavy atom. The molecule has 0 unspecified atom stereocenters. The van der Waals surface area contributed by atoms with Crippen LogP contribution in [0.4, 0.5) is 11.4 Å². The Hall–Kier alpha value is -3.59. The molecule has 3 rings (SSSR count). The van der Waals surface area contributed by atoms with Gasteiger partial charge in [-0.1, -0.05) is 35.5 Å². The molecular formula is C23H25N5O3S. The summed E-state index contributed by atoms with van der Waals surface area (Å²) < 4.78 is 7.69. The standard InChI is InChI=1S/C23H25N5O3S/c1-4-13-28-21(14-31-20-11-5-16(2)6-12-20)26-27-23(28)32-15-22(30)25-19-9-7-18(8-10-19)24-17(3)29/h4-12H,1,13-15H2,2-3H3,(H,24,29)(H,25,30). The summed E-state index contributed by atoms with van der Waals surface area (Å²) in [6.45, 7) is 8.02. The number of allylic oxidation sites excluding steroid dienone is 1. The number of carbonyl (C=O) groups excluding carboxylic acids is 2. The van der Waals surface area contributed by atoms with Crippen LogP contribution in [0.2, 0.25) is 0 Å². The van der Waals surface area contributed by atoms with E-state index in [-0.39, 0.29) is 24.2 Å². The number of aryl methyl sites for hydroxylation is 1. The lowest BCUT2D eigenvalue weighted by Crippen LogP contribution is -2.15. The first kappa shape index (κ1) is 23.1. The molecule has 0 aliphatic rings. The van der Waals surface area contributed by atoms with E-state index in [2.05, 4.69) is 27.4 Å². The lowest BCUT2D eigenvalue weighted by atomic mass is 10.2. The minimum absolute atomic E-state index is 0.148. The van der Waals surface area contributed by atoms with Crippen LogP contribution in [0.25, 0.3) is 0 Å². The van der Waals surface area contributed by atoms with Crippen molar-refractivity contribution in [3.63, 3.8) is 0 Å². The maximum atomic E-state index is 12.4. The summed E-state index contributed by atoms with van der Waals surface area (Å²) in [5.41, 5.74) is 2.47. The molecule has 8 nitrogen and oxygen atoms in total. The van der Waals surface area contributed by atoms with E-state index in [1.54, 1.807) is 30.3 Å². The third-order valence-electron chi connectivity index (χ3n) is 4.32. The highest BCUT2D eigenvalue weighted by atomic mass is 32.2. The summed E-state index contributed by atoms with van der Waals surface area (Å²) in [5.74, 6) is 1.25. The molecule has 0 aliphatic heterocycles. The number of amides is 2. The van der Waals surface area contributed by atoms with Crippen LogP contribution in [0.15, 0.2) is 66.3 Å². The van der Waals surface area contributed by atoms with Gasteiger partial charge in [0.05, 0.1) is 5.75 Å². The van der Waals surface area contributed by atoms with Crippen LogP contribution in [-0.2, 0) is 22.7 Å². The smallest absolute Gasteiger partial charge is 0.234 e. The molecule has 32 heavy (non-hydrogen) atoms. The van der Waals surface area contributed by atoms with E-state index in [4.69, 9.17) is 4.74 Å². The topological polar surface area (TPSA) is 98.1 Å². The predicted molar refractivity (Wildman–Crippen MR) is 126 cm³/mol. The summed E-state index contributed by atoms with van der Waals surface area (Å²) in [7, 11) is 0. The van der Waals surface area contributed by atoms with Gasteiger partial charge in [-0.3, -0.25) is 14.2 Å². The number of thioether (sulfide) groups is 1. The fraction of sp³-hybridized carbons (Fsp3) is 0.217. The SMILES string of the molecule is C=CCn1c(COc2ccc(C)cc2)nnc1SCC(=O)Nc1ccc(NC(C)=O)cc1. The average Bonchev–Trinajstić information content (AvgIpc) is 3.15. The summed E-state index contributed by atoms with van der Waals surface area (Å²) in [6.07, 6.45) is 1.75. The minimum atomic E-state index is -0.173. The minimum Gasteiger partial charge on any atom is -0.486 e. The molecule has 0 radical (unpaired) electrons. The number of ether oxygens (including phenoxy) is 1. The van der Waals surface area contributed by atoms with Gasteiger partial charge in [-0.05, 0) is 43.3 Å². The second kappa shape index (κ2) is 11.1. The third-order valence-corrected chi connectivity index (χ3v) is 5.28. The van der Waals surface area contributed by atoms with Gasteiger partial charge in [-0.15, -0.1) is 16.8 Å². The van der Waals surface area contributed by atoms with E-state index in [9.17, 15) is 9.59 Å². The van der Waals surface area contributed by atoms with E-state index in [0.717, 1.165) is 11.3 Å². The fourth-order valence-corrected chi connectivity index (χ4v) is 3.56. The number of carbonyl (C=O) groups is 2. The van der Waals surface area contributed by atoms with Crippen LogP contribution < -0.4 is 15.4 Å². The van der Waals surface area contributed by atoms with Gasteiger partial charge in [-0.2, -0.15) is 0 Å². The molecule has 1 aromatic heterocycles. The average molecular weight is 452 g/mol. The van der Waals surface area contributed by atoms with Crippen molar-refractivity contribution in [1.29, 1.82) is 0 Å². The predicted octanol–water partition coefficient (Wildman–Crippen LogP) is 4.04. The Morgan fingerprint density at radius 1 is 1.06 bits per heavy atom. The molecular weight excluding hydrogens is 426 g/mol. The van der Waals surface area contributed by atoms with Crippen LogP contribution in [-0.4, -0.2) is 32.3 Å². The number of aromatic nitrogens is 3. The van der Waals surface area contributed by atoms with Gasteiger partial charge in [0.1, 0.15) is 12.4 Å². The van der Waals surface area contributed by atoms with Gasteiger partial charge in [0.15, 0.2) is 11.0 Å². The summed E-state index contributed by atoms with van der Waals surface area (Å²) in [6, 6.07) is 14.7. The van der Waals surface area contributed by atoms with Crippen LogP contribution >= 0.6 is 11.8 Å². The van der Waals surface area contributed by atoms with Crippen LogP contribution in [0.3, 0.4) is 0 Å². The van der Waals surface area contributed by atoms with Gasteiger partial charge in [0.2, 0.25) is 11.8 Å². The Balaban J connectivity index is 1.56. The second-order valence-corrected chi connectivity index (χ2v) is 7.94. The summed E-state index contributed by atoms with van der Waals surface area (Å²) >= 11 is 1.29. The van der Waals surface area contributed by atoms with Crippen molar-refractivity contribution in [2.45, 2.75) is 32.2 Å². The lowest BCUT2D eigenvalue weighted by molar-refractivity contribution is -0.114. The van der Waals surface area contributed by atoms with Gasteiger partial charge in [-0.25, -0.2) is 0 Å². The summed E-state index contributed by atoms with van der Waals surface area (Å²) in [5, 5.41) is 14.5. The number of anilines is 2. The van der Waals surface area contributed by atoms with Crippen molar-refractivity contribution >= 4 is 35.0 Å². The first-order valence-corrected chi connectivity index (χ1v) is 11.0. The van der Waals surface area contributed by atoms with Crippen LogP contribution in [0.1, 0.15) is 18.3 Å². The number of nitrogens with zero attached hydrogens (tertiary/aromatic N) is 3. The highest BCUT2D eigenvalue weighted by molar-refractivity contribution is 7.99. The van der Waals surface area contributed by atoms with Crippen LogP contribution in [0, 0.1) is 6.92 Å². The maximum absolute atomic E-state index is 12.4. The fourth-order valence-electron chi connectivity index (χ4n) is 2.79. The highest BCUT2D eigenvalue weighted by Crippen LogP contribution is 2.20. The quantitative estimate of drug-likeness (QED) is 0.357. The third kappa shape index (κ3) is 6.71. The number of nitrogens with one attached hydrogen (secondary N) is 2. The normalized spacial score (nSPS) is 10.4. The van der Waals surface area contributed by atoms with E-state index in [1.165, 1.54) is 18.7 Å². The Bertz CT molecular complexity index is 1080. The Labute approximate surface area is 191 Å². The number of rotatable bonds is 10. The largest absolute Gasteiger partial charge is 0.486 e. The van der Waals surface area contributed by atoms with Crippen LogP contribution in [0.5, 0.6) is 5.75 Å². The maximum Gasteiger partial charge on any atom is 0.234 e. The van der Waals surface area contributed by atoms with E-state index >= 15 is 0 Å². The Kier molecular flexibility index (Phi) is 8.04. The zero-order valence-corrected chi connectivity index (χ0v) is 18.8. The molecule has 0 saturated carbocycles. The number of hydrogen-bond acceptors (Lipinski definition) is 6. The molecule has 2 aromatic carbocycles. The molecule has 0 saturated heterocycles. The van der Waals surface area contributed by atoms with Gasteiger partial charge in [0, 0.05) is 24.8 Å². The first-order chi connectivity index (χ1) is 15.4. The van der Waals surface area contributed by atoms with Crippen molar-refractivity contribution < 1.29 is 14.3 Å². The molecule has 9 heteroatoms. The first-order valence-electron chi connectivity index (χ1n) is 9.97. The van der Waals surface area contributed by atoms with Gasteiger partial charge < -0.3 is 15.4 Å². The molecule has 2 amide bonds. The molecule has 0 bridgehead atoms. The van der Waals surface area contributed by atoms with E-state index < -0.39 is 0 Å². The Morgan fingerprint density at radius 3 is 2.34 bits per heavy atom. The van der Waals surface area contributed by atoms with Gasteiger partial charge >= 0.3 is 0 Å². The van der Waals surface area contributed by atoms with Gasteiger partial charge in [0.25, 0.3) is 0 Å². The molecule has 0 spiro atoms. The van der Waals surface area contributed by atoms with Crippen molar-refractivity contribution in [2.24, 2.45) is 0 Å².